The van der Waals surface area contributed by atoms with Crippen LogP contribution in [0.2, 0.25) is 18.1 Å². The maximum Gasteiger partial charge on any atom is 0.161 e. The van der Waals surface area contributed by atoms with Crippen molar-refractivity contribution < 1.29 is 4.42 Å². The summed E-state index contributed by atoms with van der Waals surface area (Å²) in [5, 5.41) is 0.305. The quantitative estimate of drug-likeness (QED) is 0.702. The van der Waals surface area contributed by atoms with Gasteiger partial charge in [-0.15, -0.1) is 0 Å². The van der Waals surface area contributed by atoms with Crippen LogP contribution in [-0.2, 0) is 0 Å². The second kappa shape index (κ2) is 4.16. The molecule has 0 unspecified atom stereocenters. The number of rotatable bonds is 2. The summed E-state index contributed by atoms with van der Waals surface area (Å²) in [5.74, 6) is 0.974. The fourth-order valence-electron chi connectivity index (χ4n) is 2.08. The van der Waals surface area contributed by atoms with Crippen LogP contribution in [0.3, 0.4) is 0 Å². The summed E-state index contributed by atoms with van der Waals surface area (Å²) in [4.78, 5) is 0. The molecule has 3 heteroatoms. The van der Waals surface area contributed by atoms with E-state index in [9.17, 15) is 0 Å². The summed E-state index contributed by atoms with van der Waals surface area (Å²) in [7, 11) is -1.60. The Kier molecular flexibility index (Phi) is 3.05. The standard InChI is InChI=1S/C15H23NOSi/c1-12-9-10-16(18(5,6)15(2,3)4)14(12)13-8-7-11-17-13/h7-11H,1-6H3. The number of aromatic nitrogens is 1. The molecule has 0 N–H and O–H groups in total. The lowest BCUT2D eigenvalue weighted by Crippen LogP contribution is -2.45. The van der Waals surface area contributed by atoms with Gasteiger partial charge in [0.15, 0.2) is 8.24 Å². The molecule has 2 nitrogen and oxygen atoms in total. The maximum atomic E-state index is 5.61. The Bertz CT molecular complexity index is 529. The summed E-state index contributed by atoms with van der Waals surface area (Å²) in [5.41, 5.74) is 2.53. The molecule has 2 rings (SSSR count). The van der Waals surface area contributed by atoms with E-state index in [-0.39, 0.29) is 0 Å². The van der Waals surface area contributed by atoms with E-state index in [2.05, 4.69) is 57.3 Å². The van der Waals surface area contributed by atoms with Crippen LogP contribution in [-0.4, -0.2) is 12.5 Å². The van der Waals surface area contributed by atoms with E-state index in [0.717, 1.165) is 5.76 Å². The monoisotopic (exact) mass is 261 g/mol. The molecule has 0 aliphatic heterocycles. The fraction of sp³-hybridized carbons (Fsp3) is 0.467. The molecule has 0 amide bonds. The summed E-state index contributed by atoms with van der Waals surface area (Å²) in [6.07, 6.45) is 3.97. The molecule has 2 aromatic rings. The van der Waals surface area contributed by atoms with Crippen molar-refractivity contribution in [2.75, 3.05) is 0 Å². The van der Waals surface area contributed by atoms with Crippen LogP contribution in [0.4, 0.5) is 0 Å². The highest BCUT2D eigenvalue weighted by Crippen LogP contribution is 2.40. The third-order valence-corrected chi connectivity index (χ3v) is 9.53. The smallest absolute Gasteiger partial charge is 0.161 e. The predicted octanol–water partition coefficient (Wildman–Crippen LogP) is 4.91. The Hall–Kier alpha value is -1.22. The lowest BCUT2D eigenvalue weighted by molar-refractivity contribution is 0.578. The first kappa shape index (κ1) is 13.2. The summed E-state index contributed by atoms with van der Waals surface area (Å²) in [6, 6.07) is 6.20. The Morgan fingerprint density at radius 1 is 1.17 bits per heavy atom. The van der Waals surface area contributed by atoms with Crippen LogP contribution in [0.25, 0.3) is 11.5 Å². The molecule has 0 saturated heterocycles. The van der Waals surface area contributed by atoms with Gasteiger partial charge in [0.1, 0.15) is 5.76 Å². The van der Waals surface area contributed by atoms with Gasteiger partial charge in [-0.2, -0.15) is 0 Å². The Labute approximate surface area is 111 Å². The lowest BCUT2D eigenvalue weighted by atomic mass is 10.2. The minimum Gasteiger partial charge on any atom is -0.463 e. The second-order valence-corrected chi connectivity index (χ2v) is 11.6. The largest absolute Gasteiger partial charge is 0.463 e. The average molecular weight is 261 g/mol. The first-order valence-corrected chi connectivity index (χ1v) is 9.42. The van der Waals surface area contributed by atoms with E-state index in [1.807, 2.05) is 12.1 Å². The van der Waals surface area contributed by atoms with Crippen LogP contribution >= 0.6 is 0 Å². The van der Waals surface area contributed by atoms with Crippen molar-refractivity contribution >= 4 is 8.24 Å². The number of aryl methyl sites for hydroxylation is 1. The molecular weight excluding hydrogens is 238 g/mol. The fourth-order valence-corrected chi connectivity index (χ4v) is 4.10. The molecule has 0 radical (unpaired) electrons. The normalized spacial score (nSPS) is 13.0. The molecule has 0 spiro atoms. The minimum atomic E-state index is -1.60. The highest BCUT2D eigenvalue weighted by Gasteiger charge is 2.39. The first-order chi connectivity index (χ1) is 8.25. The van der Waals surface area contributed by atoms with Crippen molar-refractivity contribution in [3.8, 4) is 11.5 Å². The molecule has 0 aliphatic carbocycles. The zero-order valence-electron chi connectivity index (χ0n) is 12.2. The number of nitrogens with zero attached hydrogens (tertiary/aromatic N) is 1. The second-order valence-electron chi connectivity index (χ2n) is 6.50. The van der Waals surface area contributed by atoms with Gasteiger partial charge in [-0.05, 0) is 41.9 Å². The summed E-state index contributed by atoms with van der Waals surface area (Å²) >= 11 is 0. The average Bonchev–Trinajstić information content (AvgIpc) is 2.83. The van der Waals surface area contributed by atoms with Gasteiger partial charge < -0.3 is 8.65 Å². The van der Waals surface area contributed by atoms with Crippen LogP contribution in [0.5, 0.6) is 0 Å². The highest BCUT2D eigenvalue weighted by atomic mass is 28.3. The zero-order valence-corrected chi connectivity index (χ0v) is 13.2. The Morgan fingerprint density at radius 3 is 2.33 bits per heavy atom. The van der Waals surface area contributed by atoms with Crippen molar-refractivity contribution in [3.63, 3.8) is 0 Å². The van der Waals surface area contributed by atoms with Crippen LogP contribution < -0.4 is 0 Å². The van der Waals surface area contributed by atoms with E-state index in [1.54, 1.807) is 6.26 Å². The molecule has 0 aliphatic rings. The summed E-state index contributed by atoms with van der Waals surface area (Å²) in [6.45, 7) is 14.0. The zero-order chi connectivity index (χ0) is 13.6. The molecule has 0 atom stereocenters. The minimum absolute atomic E-state index is 0.305. The van der Waals surface area contributed by atoms with Crippen molar-refractivity contribution in [2.45, 2.75) is 45.8 Å². The third-order valence-electron chi connectivity index (χ3n) is 4.28. The van der Waals surface area contributed by atoms with Gasteiger partial charge in [-0.3, -0.25) is 0 Å². The summed E-state index contributed by atoms with van der Waals surface area (Å²) < 4.78 is 8.08. The molecule has 0 fully saturated rings. The Morgan fingerprint density at radius 2 is 1.83 bits per heavy atom. The molecule has 0 bridgehead atoms. The van der Waals surface area contributed by atoms with Gasteiger partial charge in [0.25, 0.3) is 0 Å². The van der Waals surface area contributed by atoms with Crippen LogP contribution in [0.1, 0.15) is 26.3 Å². The van der Waals surface area contributed by atoms with E-state index >= 15 is 0 Å². The highest BCUT2D eigenvalue weighted by molar-refractivity contribution is 6.79. The topological polar surface area (TPSA) is 18.1 Å². The van der Waals surface area contributed by atoms with Crippen molar-refractivity contribution in [1.29, 1.82) is 0 Å². The van der Waals surface area contributed by atoms with E-state index < -0.39 is 8.24 Å². The van der Waals surface area contributed by atoms with Crippen molar-refractivity contribution in [3.05, 3.63) is 36.2 Å². The van der Waals surface area contributed by atoms with Crippen molar-refractivity contribution in [2.24, 2.45) is 0 Å². The van der Waals surface area contributed by atoms with Gasteiger partial charge in [-0.25, -0.2) is 0 Å². The SMILES string of the molecule is Cc1ccn([Si](C)(C)C(C)(C)C)c1-c1ccco1. The van der Waals surface area contributed by atoms with E-state index in [4.69, 9.17) is 4.42 Å². The van der Waals surface area contributed by atoms with Gasteiger partial charge in [-0.1, -0.05) is 33.9 Å². The Balaban J connectivity index is 2.61. The van der Waals surface area contributed by atoms with Gasteiger partial charge in [0.05, 0.1) is 12.0 Å². The van der Waals surface area contributed by atoms with Crippen LogP contribution in [0, 0.1) is 6.92 Å². The predicted molar refractivity (Wildman–Crippen MR) is 79.5 cm³/mol. The van der Waals surface area contributed by atoms with Gasteiger partial charge in [0.2, 0.25) is 0 Å². The van der Waals surface area contributed by atoms with E-state index in [1.165, 1.54) is 11.3 Å². The van der Waals surface area contributed by atoms with Crippen molar-refractivity contribution in [1.82, 2.24) is 4.23 Å². The van der Waals surface area contributed by atoms with Crippen LogP contribution in [0.15, 0.2) is 35.1 Å². The number of furan rings is 1. The van der Waals surface area contributed by atoms with Gasteiger partial charge in [0, 0.05) is 0 Å². The number of hydrogen-bond donors (Lipinski definition) is 0. The molecule has 2 heterocycles. The maximum absolute atomic E-state index is 5.61. The lowest BCUT2D eigenvalue weighted by Gasteiger charge is -2.39. The number of hydrogen-bond acceptors (Lipinski definition) is 1. The van der Waals surface area contributed by atoms with E-state index in [0.29, 0.717) is 5.04 Å². The molecular formula is C15H23NOSi. The van der Waals surface area contributed by atoms with Gasteiger partial charge >= 0.3 is 0 Å². The molecule has 2 aromatic heterocycles. The molecule has 98 valence electrons. The third kappa shape index (κ3) is 1.97. The first-order valence-electron chi connectivity index (χ1n) is 6.47. The molecule has 0 saturated carbocycles. The molecule has 18 heavy (non-hydrogen) atoms. The molecule has 0 aromatic carbocycles.